The van der Waals surface area contributed by atoms with Gasteiger partial charge in [-0.05, 0) is 42.7 Å². The number of urea groups is 2. The highest BCUT2D eigenvalue weighted by molar-refractivity contribution is 7.99. The van der Waals surface area contributed by atoms with Crippen molar-refractivity contribution in [1.82, 2.24) is 15.3 Å². The van der Waals surface area contributed by atoms with Gasteiger partial charge < -0.3 is 15.3 Å². The van der Waals surface area contributed by atoms with Crippen molar-refractivity contribution < 1.29 is 24.3 Å². The van der Waals surface area contributed by atoms with Crippen molar-refractivity contribution in [2.45, 2.75) is 24.2 Å². The Bertz CT molecular complexity index is 1510. The summed E-state index contributed by atoms with van der Waals surface area (Å²) in [5.41, 5.74) is 5.99. The first kappa shape index (κ1) is 28.7. The van der Waals surface area contributed by atoms with E-state index in [0.29, 0.717) is 35.8 Å². The molecule has 11 heteroatoms. The molecule has 1 fully saturated rings. The summed E-state index contributed by atoms with van der Waals surface area (Å²) in [5, 5.41) is 12.8. The standard InChI is InChI=1S/C31H31N5O5S/c37-28(34-16-6-7-17-34)21-35-27-14-5-4-13-25(27)26(22-9-2-1-3-10-22)20-36(31(35)41)33-30(40)32-23-11-8-12-24(19-23)42-18-15-29(38)39/h1-5,8-14,19-20H,6-7,15-18,21H2,(H,38,39)(H2,32,33,40). The number of hydrogen-bond acceptors (Lipinski definition) is 5. The van der Waals surface area contributed by atoms with Gasteiger partial charge in [0.15, 0.2) is 0 Å². The van der Waals surface area contributed by atoms with Gasteiger partial charge in [0, 0.05) is 46.8 Å². The van der Waals surface area contributed by atoms with Gasteiger partial charge in [0.2, 0.25) is 5.91 Å². The molecule has 5 rings (SSSR count). The number of likely N-dealkylation sites (tertiary alicyclic amines) is 1. The number of nitrogens with one attached hydrogen (secondary N) is 2. The predicted molar refractivity (Wildman–Crippen MR) is 162 cm³/mol. The lowest BCUT2D eigenvalue weighted by molar-refractivity contribution is -0.136. The molecule has 0 radical (unpaired) electrons. The molecule has 2 aliphatic rings. The summed E-state index contributed by atoms with van der Waals surface area (Å²) in [4.78, 5) is 55.2. The summed E-state index contributed by atoms with van der Waals surface area (Å²) in [6.45, 7) is 1.16. The molecule has 2 aliphatic heterocycles. The number of thioether (sulfide) groups is 1. The molecule has 42 heavy (non-hydrogen) atoms. The van der Waals surface area contributed by atoms with Crippen LogP contribution in [-0.2, 0) is 9.59 Å². The normalized spacial score (nSPS) is 14.6. The number of benzene rings is 3. The molecule has 216 valence electrons. The van der Waals surface area contributed by atoms with Crippen LogP contribution in [0.5, 0.6) is 0 Å². The van der Waals surface area contributed by atoms with E-state index in [1.165, 1.54) is 16.7 Å². The van der Waals surface area contributed by atoms with E-state index in [0.717, 1.165) is 33.9 Å². The minimum atomic E-state index is -0.875. The lowest BCUT2D eigenvalue weighted by atomic mass is 9.97. The SMILES string of the molecule is O=C(O)CCSc1cccc(NC(=O)NN2C=C(c3ccccc3)c3ccccc3N(CC(=O)N3CCCC3)C2=O)c1. The largest absolute Gasteiger partial charge is 0.481 e. The smallest absolute Gasteiger partial charge is 0.347 e. The van der Waals surface area contributed by atoms with Gasteiger partial charge in [-0.25, -0.2) is 20.0 Å². The van der Waals surface area contributed by atoms with Crippen LogP contribution in [0.2, 0.25) is 0 Å². The summed E-state index contributed by atoms with van der Waals surface area (Å²) in [7, 11) is 0. The summed E-state index contributed by atoms with van der Waals surface area (Å²) in [6.07, 6.45) is 3.47. The third-order valence-corrected chi connectivity index (χ3v) is 7.91. The first-order chi connectivity index (χ1) is 20.4. The first-order valence-corrected chi connectivity index (χ1v) is 14.6. The Hall–Kier alpha value is -4.77. The van der Waals surface area contributed by atoms with Gasteiger partial charge in [0.1, 0.15) is 6.54 Å². The van der Waals surface area contributed by atoms with Gasteiger partial charge in [0.25, 0.3) is 0 Å². The van der Waals surface area contributed by atoms with Gasteiger partial charge in [-0.3, -0.25) is 14.5 Å². The van der Waals surface area contributed by atoms with E-state index in [2.05, 4.69) is 10.7 Å². The number of hydrogen-bond donors (Lipinski definition) is 3. The van der Waals surface area contributed by atoms with Gasteiger partial charge in [-0.15, -0.1) is 11.8 Å². The number of carbonyl (C=O) groups excluding carboxylic acids is 3. The summed E-state index contributed by atoms with van der Waals surface area (Å²) in [6, 6.07) is 22.7. The Morgan fingerprint density at radius 2 is 1.64 bits per heavy atom. The first-order valence-electron chi connectivity index (χ1n) is 13.7. The quantitative estimate of drug-likeness (QED) is 0.295. The Morgan fingerprint density at radius 3 is 2.40 bits per heavy atom. The average molecular weight is 586 g/mol. The molecule has 2 heterocycles. The van der Waals surface area contributed by atoms with Crippen LogP contribution >= 0.6 is 11.8 Å². The Balaban J connectivity index is 1.42. The molecule has 0 aromatic heterocycles. The molecule has 0 atom stereocenters. The maximum absolute atomic E-state index is 14.0. The van der Waals surface area contributed by atoms with Crippen molar-refractivity contribution in [3.63, 3.8) is 0 Å². The zero-order chi connectivity index (χ0) is 29.5. The summed E-state index contributed by atoms with van der Waals surface area (Å²) >= 11 is 1.37. The predicted octanol–water partition coefficient (Wildman–Crippen LogP) is 5.24. The molecule has 10 nitrogen and oxygen atoms in total. The summed E-state index contributed by atoms with van der Waals surface area (Å²) in [5.74, 6) is -0.632. The molecule has 0 saturated carbocycles. The number of carbonyl (C=O) groups is 4. The zero-order valence-corrected chi connectivity index (χ0v) is 23.7. The third kappa shape index (κ3) is 6.92. The Morgan fingerprint density at radius 1 is 0.905 bits per heavy atom. The second-order valence-corrected chi connectivity index (χ2v) is 11.0. The lowest BCUT2D eigenvalue weighted by Crippen LogP contribution is -2.52. The second kappa shape index (κ2) is 13.3. The van der Waals surface area contributed by atoms with Crippen molar-refractivity contribution in [3.8, 4) is 0 Å². The number of carboxylic acids is 1. The van der Waals surface area contributed by atoms with Gasteiger partial charge >= 0.3 is 18.0 Å². The molecular weight excluding hydrogens is 554 g/mol. The van der Waals surface area contributed by atoms with Crippen molar-refractivity contribution in [2.24, 2.45) is 0 Å². The highest BCUT2D eigenvalue weighted by atomic mass is 32.2. The number of nitrogens with zero attached hydrogens (tertiary/aromatic N) is 3. The molecule has 0 unspecified atom stereocenters. The van der Waals surface area contributed by atoms with E-state index >= 15 is 0 Å². The van der Waals surface area contributed by atoms with Crippen LogP contribution < -0.4 is 15.6 Å². The highest BCUT2D eigenvalue weighted by Crippen LogP contribution is 2.35. The molecular formula is C31H31N5O5S. The zero-order valence-electron chi connectivity index (χ0n) is 22.9. The second-order valence-electron chi connectivity index (χ2n) is 9.84. The fraction of sp³-hybridized carbons (Fsp3) is 0.226. The summed E-state index contributed by atoms with van der Waals surface area (Å²) < 4.78 is 0. The van der Waals surface area contributed by atoms with E-state index in [-0.39, 0.29) is 18.9 Å². The molecule has 3 aromatic rings. The molecule has 3 aromatic carbocycles. The van der Waals surface area contributed by atoms with Crippen molar-refractivity contribution in [3.05, 3.63) is 96.2 Å². The average Bonchev–Trinajstić information content (AvgIpc) is 3.50. The lowest BCUT2D eigenvalue weighted by Gasteiger charge is -2.28. The monoisotopic (exact) mass is 585 g/mol. The number of para-hydroxylation sites is 1. The van der Waals surface area contributed by atoms with E-state index < -0.39 is 18.0 Å². The Labute approximate surface area is 248 Å². The fourth-order valence-electron chi connectivity index (χ4n) is 4.89. The molecule has 3 N–H and O–H groups in total. The number of rotatable bonds is 9. The van der Waals surface area contributed by atoms with Crippen LogP contribution in [0.15, 0.2) is 90.0 Å². The van der Waals surface area contributed by atoms with Gasteiger partial charge in [0.05, 0.1) is 12.1 Å². The molecule has 0 spiro atoms. The van der Waals surface area contributed by atoms with Crippen LogP contribution in [-0.4, -0.2) is 64.3 Å². The topological polar surface area (TPSA) is 122 Å². The van der Waals surface area contributed by atoms with Crippen LogP contribution in [0.3, 0.4) is 0 Å². The number of carboxylic acid groups (broad SMARTS) is 1. The number of amides is 5. The number of anilines is 2. The Kier molecular flexibility index (Phi) is 9.08. The number of hydrazine groups is 1. The third-order valence-electron chi connectivity index (χ3n) is 6.92. The number of fused-ring (bicyclic) bond motifs is 1. The molecule has 0 aliphatic carbocycles. The van der Waals surface area contributed by atoms with E-state index in [1.54, 1.807) is 35.4 Å². The minimum Gasteiger partial charge on any atom is -0.481 e. The van der Waals surface area contributed by atoms with Gasteiger partial charge in [-0.1, -0.05) is 54.6 Å². The van der Waals surface area contributed by atoms with Crippen LogP contribution in [0.1, 0.15) is 30.4 Å². The molecule has 0 bridgehead atoms. The maximum atomic E-state index is 14.0. The number of aliphatic carboxylic acids is 1. The highest BCUT2D eigenvalue weighted by Gasteiger charge is 2.33. The maximum Gasteiger partial charge on any atom is 0.347 e. The van der Waals surface area contributed by atoms with Crippen LogP contribution in [0.25, 0.3) is 5.57 Å². The van der Waals surface area contributed by atoms with Crippen molar-refractivity contribution in [2.75, 3.05) is 35.6 Å². The van der Waals surface area contributed by atoms with Gasteiger partial charge in [-0.2, -0.15) is 0 Å². The van der Waals surface area contributed by atoms with E-state index in [9.17, 15) is 19.2 Å². The molecule has 5 amide bonds. The van der Waals surface area contributed by atoms with E-state index in [1.807, 2.05) is 54.6 Å². The minimum absolute atomic E-state index is 0.0229. The van der Waals surface area contributed by atoms with Crippen molar-refractivity contribution >= 4 is 52.6 Å². The van der Waals surface area contributed by atoms with Crippen molar-refractivity contribution in [1.29, 1.82) is 0 Å². The van der Waals surface area contributed by atoms with Crippen LogP contribution in [0, 0.1) is 0 Å². The van der Waals surface area contributed by atoms with E-state index in [4.69, 9.17) is 5.11 Å². The fourth-order valence-corrected chi connectivity index (χ4v) is 5.79. The van der Waals surface area contributed by atoms with Crippen LogP contribution in [0.4, 0.5) is 21.0 Å². The molecule has 1 saturated heterocycles.